The number of hydrogen-bond donors (Lipinski definition) is 0. The van der Waals surface area contributed by atoms with Gasteiger partial charge in [0.2, 0.25) is 11.8 Å². The van der Waals surface area contributed by atoms with Gasteiger partial charge >= 0.3 is 0 Å². The van der Waals surface area contributed by atoms with Crippen molar-refractivity contribution in [3.8, 4) is 23.1 Å². The molecule has 0 spiro atoms. The predicted molar refractivity (Wildman–Crippen MR) is 228 cm³/mol. The van der Waals surface area contributed by atoms with Gasteiger partial charge in [-0.3, -0.25) is 9.69 Å². The van der Waals surface area contributed by atoms with Crippen LogP contribution in [0.1, 0.15) is 65.6 Å². The number of nitrogens with zero attached hydrogens (tertiary/aromatic N) is 3. The number of benzene rings is 4. The van der Waals surface area contributed by atoms with Gasteiger partial charge in [0.15, 0.2) is 5.75 Å². The monoisotopic (exact) mass is 823 g/mol. The van der Waals surface area contributed by atoms with Crippen molar-refractivity contribution in [3.05, 3.63) is 153 Å². The van der Waals surface area contributed by atoms with Crippen molar-refractivity contribution in [2.24, 2.45) is 0 Å². The molecule has 6 rings (SSSR count). The van der Waals surface area contributed by atoms with Crippen molar-refractivity contribution >= 4 is 40.1 Å². The number of carbonyl (C=O) groups excluding carboxylic acids is 1. The molecule has 288 valence electrons. The third-order valence-corrected chi connectivity index (χ3v) is 10.1. The number of aromatic nitrogens is 1. The van der Waals surface area contributed by atoms with Gasteiger partial charge in [0.25, 0.3) is 0 Å². The Bertz CT molecular complexity index is 2000. The quantitative estimate of drug-likeness (QED) is 0.104. The fourth-order valence-electron chi connectivity index (χ4n) is 6.35. The molecule has 2 heterocycles. The lowest BCUT2D eigenvalue weighted by molar-refractivity contribution is -0.127. The molecule has 1 fully saturated rings. The van der Waals surface area contributed by atoms with Crippen LogP contribution in [0.3, 0.4) is 0 Å². The number of halogens is 2. The summed E-state index contributed by atoms with van der Waals surface area (Å²) in [7, 11) is 0. The molecule has 1 aromatic heterocycles. The van der Waals surface area contributed by atoms with E-state index in [1.807, 2.05) is 36.9 Å². The molecule has 1 amide bonds. The number of pyridine rings is 1. The van der Waals surface area contributed by atoms with Gasteiger partial charge in [-0.25, -0.2) is 4.98 Å². The Labute approximate surface area is 341 Å². The Balaban J connectivity index is 0.00000580. The highest BCUT2D eigenvalue weighted by atomic mass is 79.9. The molecule has 4 aromatic carbocycles. The maximum Gasteiger partial charge on any atom is 0.246 e. The number of ether oxygens (including phenoxy) is 3. The summed E-state index contributed by atoms with van der Waals surface area (Å²) >= 11 is 6.71. The highest BCUT2D eigenvalue weighted by molar-refractivity contribution is 8.93. The van der Waals surface area contributed by atoms with E-state index in [0.29, 0.717) is 54.6 Å². The first-order valence-corrected chi connectivity index (χ1v) is 19.1. The lowest BCUT2D eigenvalue weighted by Gasteiger charge is -2.34. The molecule has 1 saturated heterocycles. The summed E-state index contributed by atoms with van der Waals surface area (Å²) in [6.07, 6.45) is 4.21. The van der Waals surface area contributed by atoms with Crippen LogP contribution in [0.15, 0.2) is 109 Å². The van der Waals surface area contributed by atoms with E-state index in [9.17, 15) is 4.79 Å². The normalized spacial score (nSPS) is 13.4. The van der Waals surface area contributed by atoms with Crippen molar-refractivity contribution in [2.45, 2.75) is 60.1 Å². The minimum Gasteiger partial charge on any atom is -0.493 e. The van der Waals surface area contributed by atoms with Crippen LogP contribution in [0.5, 0.6) is 23.1 Å². The Kier molecular flexibility index (Phi) is 15.0. The Hall–Kier alpha value is -4.63. The highest BCUT2D eigenvalue weighted by Gasteiger charge is 2.21. The van der Waals surface area contributed by atoms with Gasteiger partial charge in [-0.1, -0.05) is 91.7 Å². The third kappa shape index (κ3) is 11.9. The average Bonchev–Trinajstić information content (AvgIpc) is 3.17. The first kappa shape index (κ1) is 41.5. The van der Waals surface area contributed by atoms with Gasteiger partial charge in [-0.2, -0.15) is 0 Å². The molecule has 0 N–H and O–H groups in total. The maximum atomic E-state index is 13.3. The van der Waals surface area contributed by atoms with Crippen molar-refractivity contribution < 1.29 is 19.0 Å². The van der Waals surface area contributed by atoms with E-state index in [-0.39, 0.29) is 22.9 Å². The Morgan fingerprint density at radius 2 is 1.47 bits per heavy atom. The van der Waals surface area contributed by atoms with Gasteiger partial charge in [0.1, 0.15) is 18.1 Å². The second-order valence-corrected chi connectivity index (χ2v) is 14.8. The molecule has 0 bridgehead atoms. The minimum absolute atomic E-state index is 0. The van der Waals surface area contributed by atoms with Crippen molar-refractivity contribution in [1.29, 1.82) is 0 Å². The number of piperazine rings is 1. The number of allylic oxidation sites excluding steroid dienone is 1. The van der Waals surface area contributed by atoms with Crippen LogP contribution in [0.25, 0.3) is 5.57 Å². The highest BCUT2D eigenvalue weighted by Crippen LogP contribution is 2.35. The summed E-state index contributed by atoms with van der Waals surface area (Å²) < 4.78 is 17.9. The molecule has 5 aromatic rings. The predicted octanol–water partition coefficient (Wildman–Crippen LogP) is 10.8. The molecule has 1 aliphatic heterocycles. The maximum absolute atomic E-state index is 13.3. The smallest absolute Gasteiger partial charge is 0.246 e. The molecule has 1 aliphatic rings. The molecule has 55 heavy (non-hydrogen) atoms. The molecule has 7 nitrogen and oxygen atoms in total. The van der Waals surface area contributed by atoms with E-state index in [1.54, 1.807) is 18.3 Å². The zero-order valence-electron chi connectivity index (χ0n) is 32.4. The second-order valence-electron chi connectivity index (χ2n) is 14.4. The second kappa shape index (κ2) is 19.8. The number of aryl methyl sites for hydroxylation is 2. The number of rotatable bonds is 14. The van der Waals surface area contributed by atoms with Gasteiger partial charge < -0.3 is 19.1 Å². The van der Waals surface area contributed by atoms with Crippen molar-refractivity contribution in [2.75, 3.05) is 32.8 Å². The summed E-state index contributed by atoms with van der Waals surface area (Å²) in [5.41, 5.74) is 8.73. The van der Waals surface area contributed by atoms with E-state index in [2.05, 4.69) is 103 Å². The standard InChI is InChI=1S/C46H50ClN3O4.BrH/c1-32(2)39-14-16-41(17-15-39)52-25-20-36-10-12-37(13-11-36)30-49-21-23-50(24-22-49)45(51)27-34(4)40-26-35(5)46(43(47)28-40)54-44-19-18-42(29-48-44)53-31-38-8-6-33(3)7-9-38;/h6-19,26-29,32H,20-25,30-31H2,1-5H3;1H/b34-27+;. The fourth-order valence-corrected chi connectivity index (χ4v) is 6.65. The first-order chi connectivity index (χ1) is 26.1. The van der Waals surface area contributed by atoms with Crippen LogP contribution in [0.4, 0.5) is 0 Å². The lowest BCUT2D eigenvalue weighted by atomic mass is 10.0. The molecular weight excluding hydrogens is 774 g/mol. The zero-order chi connectivity index (χ0) is 38.0. The number of amides is 1. The van der Waals surface area contributed by atoms with E-state index < -0.39 is 0 Å². The van der Waals surface area contributed by atoms with Crippen LogP contribution in [-0.2, 0) is 24.4 Å². The Morgan fingerprint density at radius 3 is 2.11 bits per heavy atom. The molecule has 0 unspecified atom stereocenters. The summed E-state index contributed by atoms with van der Waals surface area (Å²) in [5, 5.41) is 0.453. The summed E-state index contributed by atoms with van der Waals surface area (Å²) in [6, 6.07) is 32.8. The van der Waals surface area contributed by atoms with Crippen molar-refractivity contribution in [3.63, 3.8) is 0 Å². The molecule has 9 heteroatoms. The van der Waals surface area contributed by atoms with E-state index in [0.717, 1.165) is 54.1 Å². The zero-order valence-corrected chi connectivity index (χ0v) is 34.9. The van der Waals surface area contributed by atoms with Crippen LogP contribution in [0, 0.1) is 13.8 Å². The van der Waals surface area contributed by atoms with Crippen LogP contribution >= 0.6 is 28.6 Å². The van der Waals surface area contributed by atoms with Crippen LogP contribution in [-0.4, -0.2) is 53.5 Å². The molecule has 0 saturated carbocycles. The third-order valence-electron chi connectivity index (χ3n) is 9.79. The molecular formula is C46H51BrClN3O4. The van der Waals surface area contributed by atoms with Gasteiger partial charge in [0.05, 0.1) is 17.8 Å². The summed E-state index contributed by atoms with van der Waals surface area (Å²) in [6.45, 7) is 15.3. The SMILES string of the molecule is Br.C/C(=C\C(=O)N1CCN(Cc2ccc(CCOc3ccc(C(C)C)cc3)cc2)CC1)c1cc(C)c(Oc2ccc(OCc3ccc(C)cc3)cn2)c(Cl)c1. The molecule has 0 radical (unpaired) electrons. The fraction of sp³-hybridized carbons (Fsp3) is 0.304. The molecule has 0 atom stereocenters. The topological polar surface area (TPSA) is 64.1 Å². The average molecular weight is 825 g/mol. The van der Waals surface area contributed by atoms with E-state index in [4.69, 9.17) is 25.8 Å². The Morgan fingerprint density at radius 1 is 0.818 bits per heavy atom. The van der Waals surface area contributed by atoms with E-state index >= 15 is 0 Å². The largest absolute Gasteiger partial charge is 0.493 e. The van der Waals surface area contributed by atoms with Gasteiger partial charge in [0, 0.05) is 51.3 Å². The van der Waals surface area contributed by atoms with E-state index in [1.165, 1.54) is 22.3 Å². The number of hydrogen-bond acceptors (Lipinski definition) is 6. The molecule has 0 aliphatic carbocycles. The van der Waals surface area contributed by atoms with Crippen LogP contribution < -0.4 is 14.2 Å². The first-order valence-electron chi connectivity index (χ1n) is 18.7. The number of carbonyl (C=O) groups is 1. The minimum atomic E-state index is 0. The lowest BCUT2D eigenvalue weighted by Crippen LogP contribution is -2.47. The summed E-state index contributed by atoms with van der Waals surface area (Å²) in [4.78, 5) is 22.0. The van der Waals surface area contributed by atoms with Gasteiger partial charge in [-0.05, 0) is 96.0 Å². The van der Waals surface area contributed by atoms with Gasteiger partial charge in [-0.15, -0.1) is 17.0 Å². The van der Waals surface area contributed by atoms with Crippen LogP contribution in [0.2, 0.25) is 5.02 Å². The summed E-state index contributed by atoms with van der Waals surface area (Å²) in [5.74, 6) is 3.04. The van der Waals surface area contributed by atoms with Crippen molar-refractivity contribution in [1.82, 2.24) is 14.8 Å².